The highest BCUT2D eigenvalue weighted by Gasteiger charge is 2.15. The molecule has 0 aliphatic carbocycles. The molecule has 0 radical (unpaired) electrons. The van der Waals surface area contributed by atoms with Gasteiger partial charge in [0.1, 0.15) is 5.82 Å². The van der Waals surface area contributed by atoms with Crippen molar-refractivity contribution in [1.29, 1.82) is 0 Å². The molecule has 0 fully saturated rings. The minimum atomic E-state index is -0.438. The summed E-state index contributed by atoms with van der Waals surface area (Å²) in [6, 6.07) is 9.85. The Morgan fingerprint density at radius 3 is 2.43 bits per heavy atom. The summed E-state index contributed by atoms with van der Waals surface area (Å²) in [5.41, 5.74) is 6.29. The van der Waals surface area contributed by atoms with Gasteiger partial charge in [0.25, 0.3) is 5.91 Å². The fraction of sp³-hybridized carbons (Fsp3) is 0.267. The van der Waals surface area contributed by atoms with Gasteiger partial charge in [-0.05, 0) is 43.7 Å². The second-order valence-corrected chi connectivity index (χ2v) is 6.43. The van der Waals surface area contributed by atoms with E-state index in [1.54, 1.807) is 18.2 Å². The van der Waals surface area contributed by atoms with Gasteiger partial charge in [-0.15, -0.1) is 23.7 Å². The molecule has 0 spiro atoms. The van der Waals surface area contributed by atoms with Gasteiger partial charge >= 0.3 is 0 Å². The number of rotatable bonds is 4. The predicted octanol–water partition coefficient (Wildman–Crippen LogP) is 3.44. The van der Waals surface area contributed by atoms with Crippen molar-refractivity contribution in [2.24, 2.45) is 5.73 Å². The van der Waals surface area contributed by atoms with Crippen LogP contribution in [0.15, 0.2) is 36.4 Å². The molecule has 0 atom stereocenters. The summed E-state index contributed by atoms with van der Waals surface area (Å²) in [6.45, 7) is 4.12. The molecule has 0 bridgehead atoms. The molecule has 6 heteroatoms. The highest BCUT2D eigenvalue weighted by Crippen LogP contribution is 2.28. The van der Waals surface area contributed by atoms with Crippen LogP contribution in [0.2, 0.25) is 0 Å². The number of carbonyl (C=O) groups is 1. The summed E-state index contributed by atoms with van der Waals surface area (Å²) >= 11 is 1.38. The number of nitrogens with two attached hydrogens (primary N) is 1. The lowest BCUT2D eigenvalue weighted by atomic mass is 10.1. The first-order valence-electron chi connectivity index (χ1n) is 6.28. The topological polar surface area (TPSA) is 55.1 Å². The lowest BCUT2D eigenvalue weighted by Crippen LogP contribution is -2.44. The van der Waals surface area contributed by atoms with Gasteiger partial charge in [-0.3, -0.25) is 4.79 Å². The minimum Gasteiger partial charge on any atom is -0.350 e. The van der Waals surface area contributed by atoms with E-state index in [0.29, 0.717) is 11.4 Å². The maximum absolute atomic E-state index is 12.9. The summed E-state index contributed by atoms with van der Waals surface area (Å²) in [7, 11) is 0. The van der Waals surface area contributed by atoms with E-state index >= 15 is 0 Å². The van der Waals surface area contributed by atoms with E-state index < -0.39 is 5.54 Å². The van der Waals surface area contributed by atoms with Crippen LogP contribution in [0.1, 0.15) is 23.5 Å². The fourth-order valence-corrected chi connectivity index (χ4v) is 2.55. The van der Waals surface area contributed by atoms with Crippen LogP contribution < -0.4 is 11.1 Å². The zero-order chi connectivity index (χ0) is 14.8. The smallest absolute Gasteiger partial charge is 0.261 e. The molecule has 2 aromatic rings. The Morgan fingerprint density at radius 1 is 1.24 bits per heavy atom. The SMILES string of the molecule is CC(C)(N)CNC(=O)c1ccc(-c2ccc(F)cc2)s1.Cl. The van der Waals surface area contributed by atoms with Crippen LogP contribution in [0.3, 0.4) is 0 Å². The lowest BCUT2D eigenvalue weighted by molar-refractivity contribution is 0.0950. The van der Waals surface area contributed by atoms with E-state index in [2.05, 4.69) is 5.32 Å². The number of hydrogen-bond acceptors (Lipinski definition) is 3. The number of halogens is 2. The molecule has 0 aliphatic rings. The molecule has 3 nitrogen and oxygen atoms in total. The van der Waals surface area contributed by atoms with Crippen LogP contribution in [0.4, 0.5) is 4.39 Å². The zero-order valence-corrected chi connectivity index (χ0v) is 13.5. The molecule has 3 N–H and O–H groups in total. The molecule has 1 heterocycles. The maximum Gasteiger partial charge on any atom is 0.261 e. The third-order valence-electron chi connectivity index (χ3n) is 2.66. The Morgan fingerprint density at radius 2 is 1.86 bits per heavy atom. The minimum absolute atomic E-state index is 0. The summed E-state index contributed by atoms with van der Waals surface area (Å²) in [6.07, 6.45) is 0. The first-order valence-corrected chi connectivity index (χ1v) is 7.10. The standard InChI is InChI=1S/C15H17FN2OS.ClH/c1-15(2,17)9-18-14(19)13-8-7-12(20-13)10-3-5-11(16)6-4-10;/h3-8H,9,17H2,1-2H3,(H,18,19);1H. The molecule has 0 aliphatic heterocycles. The summed E-state index contributed by atoms with van der Waals surface area (Å²) in [5, 5.41) is 2.80. The Kier molecular flexibility index (Phi) is 5.89. The molecule has 0 saturated heterocycles. The van der Waals surface area contributed by atoms with Gasteiger partial charge in [-0.25, -0.2) is 4.39 Å². The van der Waals surface area contributed by atoms with E-state index in [0.717, 1.165) is 10.4 Å². The second kappa shape index (κ2) is 7.02. The molecule has 1 amide bonds. The van der Waals surface area contributed by atoms with Crippen molar-refractivity contribution < 1.29 is 9.18 Å². The van der Waals surface area contributed by atoms with E-state index in [9.17, 15) is 9.18 Å². The highest BCUT2D eigenvalue weighted by molar-refractivity contribution is 7.17. The van der Waals surface area contributed by atoms with Crippen molar-refractivity contribution in [3.05, 3.63) is 47.1 Å². The largest absolute Gasteiger partial charge is 0.350 e. The van der Waals surface area contributed by atoms with Gasteiger partial charge in [0.05, 0.1) is 4.88 Å². The number of carbonyl (C=O) groups excluding carboxylic acids is 1. The molecule has 21 heavy (non-hydrogen) atoms. The third kappa shape index (κ3) is 5.12. The quantitative estimate of drug-likeness (QED) is 0.903. The number of amides is 1. The summed E-state index contributed by atoms with van der Waals surface area (Å²) in [5.74, 6) is -0.407. The molecule has 1 aromatic carbocycles. The molecule has 114 valence electrons. The van der Waals surface area contributed by atoms with Gasteiger partial charge in [-0.1, -0.05) is 12.1 Å². The lowest BCUT2D eigenvalue weighted by Gasteiger charge is -2.18. The molecule has 0 saturated carbocycles. The van der Waals surface area contributed by atoms with Crippen molar-refractivity contribution in [2.45, 2.75) is 19.4 Å². The van der Waals surface area contributed by atoms with Crippen LogP contribution in [0.25, 0.3) is 10.4 Å². The van der Waals surface area contributed by atoms with Gasteiger partial charge in [0.15, 0.2) is 0 Å². The number of hydrogen-bond donors (Lipinski definition) is 2. The molecular weight excluding hydrogens is 311 g/mol. The van der Waals surface area contributed by atoms with Crippen molar-refractivity contribution >= 4 is 29.7 Å². The van der Waals surface area contributed by atoms with E-state index in [-0.39, 0.29) is 24.1 Å². The van der Waals surface area contributed by atoms with E-state index in [1.165, 1.54) is 23.5 Å². The van der Waals surface area contributed by atoms with Crippen LogP contribution in [0.5, 0.6) is 0 Å². The summed E-state index contributed by atoms with van der Waals surface area (Å²) in [4.78, 5) is 13.5. The van der Waals surface area contributed by atoms with E-state index in [1.807, 2.05) is 19.9 Å². The van der Waals surface area contributed by atoms with Gasteiger partial charge in [-0.2, -0.15) is 0 Å². The maximum atomic E-state index is 12.9. The first kappa shape index (κ1) is 17.6. The Balaban J connectivity index is 0.00000220. The molecule has 0 unspecified atom stereocenters. The first-order chi connectivity index (χ1) is 9.35. The fourth-order valence-electron chi connectivity index (χ4n) is 1.62. The monoisotopic (exact) mass is 328 g/mol. The number of benzene rings is 1. The molecule has 1 aromatic heterocycles. The van der Waals surface area contributed by atoms with Gasteiger partial charge in [0.2, 0.25) is 0 Å². The van der Waals surface area contributed by atoms with Crippen LogP contribution >= 0.6 is 23.7 Å². The predicted molar refractivity (Wildman–Crippen MR) is 87.6 cm³/mol. The number of thiophene rings is 1. The van der Waals surface area contributed by atoms with Crippen molar-refractivity contribution in [3.8, 4) is 10.4 Å². The third-order valence-corrected chi connectivity index (χ3v) is 3.80. The zero-order valence-electron chi connectivity index (χ0n) is 11.9. The van der Waals surface area contributed by atoms with E-state index in [4.69, 9.17) is 5.73 Å². The average Bonchev–Trinajstić information content (AvgIpc) is 2.85. The van der Waals surface area contributed by atoms with Crippen molar-refractivity contribution in [3.63, 3.8) is 0 Å². The normalized spacial score (nSPS) is 10.9. The van der Waals surface area contributed by atoms with Crippen molar-refractivity contribution in [2.75, 3.05) is 6.54 Å². The number of nitrogens with one attached hydrogen (secondary N) is 1. The Bertz CT molecular complexity index is 605. The van der Waals surface area contributed by atoms with Crippen LogP contribution in [-0.2, 0) is 0 Å². The molecular formula is C15H18ClFN2OS. The Labute approximate surface area is 133 Å². The van der Waals surface area contributed by atoms with Gasteiger partial charge < -0.3 is 11.1 Å². The van der Waals surface area contributed by atoms with Crippen molar-refractivity contribution in [1.82, 2.24) is 5.32 Å². The van der Waals surface area contributed by atoms with Gasteiger partial charge in [0, 0.05) is 17.0 Å². The van der Waals surface area contributed by atoms with Crippen LogP contribution in [-0.4, -0.2) is 18.0 Å². The highest BCUT2D eigenvalue weighted by atomic mass is 35.5. The second-order valence-electron chi connectivity index (χ2n) is 5.34. The Hall–Kier alpha value is -1.43. The average molecular weight is 329 g/mol. The molecule has 2 rings (SSSR count). The van der Waals surface area contributed by atoms with Crippen LogP contribution in [0, 0.1) is 5.82 Å². The summed E-state index contributed by atoms with van der Waals surface area (Å²) < 4.78 is 12.9.